The van der Waals surface area contributed by atoms with Crippen molar-refractivity contribution in [2.45, 2.75) is 88.7 Å². The van der Waals surface area contributed by atoms with Gasteiger partial charge in [0.15, 0.2) is 11.6 Å². The number of ether oxygens (including phenoxy) is 2. The molecule has 0 aromatic heterocycles. The number of hydrogen-bond donors (Lipinski definition) is 1. The van der Waals surface area contributed by atoms with Gasteiger partial charge in [-0.1, -0.05) is 51.0 Å². The summed E-state index contributed by atoms with van der Waals surface area (Å²) in [5, 5.41) is 0. The van der Waals surface area contributed by atoms with E-state index in [9.17, 15) is 32.4 Å². The van der Waals surface area contributed by atoms with E-state index in [1.165, 1.54) is 28.0 Å². The highest BCUT2D eigenvalue weighted by Gasteiger charge is 2.61. The zero-order valence-corrected chi connectivity index (χ0v) is 27.8. The van der Waals surface area contributed by atoms with Gasteiger partial charge < -0.3 is 19.3 Å². The van der Waals surface area contributed by atoms with Gasteiger partial charge in [-0.15, -0.1) is 0 Å². The fourth-order valence-corrected chi connectivity index (χ4v) is 7.33. The summed E-state index contributed by atoms with van der Waals surface area (Å²) >= 11 is 0. The summed E-state index contributed by atoms with van der Waals surface area (Å²) in [6, 6.07) is 4.81. The third-order valence-corrected chi connectivity index (χ3v) is 10.4. The lowest BCUT2D eigenvalue weighted by molar-refractivity contribution is -0.141. The van der Waals surface area contributed by atoms with Crippen molar-refractivity contribution in [2.24, 2.45) is 17.3 Å². The number of amides is 3. The Bertz CT molecular complexity index is 1470. The maximum atomic E-state index is 14.0. The van der Waals surface area contributed by atoms with Gasteiger partial charge in [-0.2, -0.15) is 0 Å². The van der Waals surface area contributed by atoms with E-state index in [-0.39, 0.29) is 78.8 Å². The molecule has 0 bridgehead atoms. The van der Waals surface area contributed by atoms with E-state index in [1.54, 1.807) is 27.1 Å². The van der Waals surface area contributed by atoms with E-state index >= 15 is 0 Å². The number of hydrogen-bond acceptors (Lipinski definition) is 9. The maximum Gasteiger partial charge on any atom is 0.409 e. The van der Waals surface area contributed by atoms with Crippen molar-refractivity contribution in [3.8, 4) is 5.75 Å². The van der Waals surface area contributed by atoms with E-state index in [0.29, 0.717) is 6.42 Å². The van der Waals surface area contributed by atoms with Gasteiger partial charge in [0.1, 0.15) is 23.4 Å². The normalized spacial score (nSPS) is 27.7. The molecule has 1 aromatic rings. The Morgan fingerprint density at radius 3 is 2.57 bits per heavy atom. The molecule has 0 radical (unpaired) electrons. The molecular formula is C33H45N3O9S. The average Bonchev–Trinajstić information content (AvgIpc) is 3.55. The molecule has 2 aliphatic heterocycles. The topological polar surface area (TPSA) is 156 Å². The molecule has 5 atom stereocenters. The molecule has 252 valence electrons. The molecule has 4 rings (SSSR count). The fourth-order valence-electron chi connectivity index (χ4n) is 6.13. The highest BCUT2D eigenvalue weighted by atomic mass is 32.2. The predicted octanol–water partition coefficient (Wildman–Crippen LogP) is 3.64. The van der Waals surface area contributed by atoms with Crippen molar-refractivity contribution in [1.29, 1.82) is 0 Å². The number of rotatable bonds is 8. The first-order valence-electron chi connectivity index (χ1n) is 16.0. The van der Waals surface area contributed by atoms with Crippen molar-refractivity contribution in [1.82, 2.24) is 14.5 Å². The van der Waals surface area contributed by atoms with Crippen molar-refractivity contribution >= 4 is 39.5 Å². The van der Waals surface area contributed by atoms with Crippen molar-refractivity contribution in [3.63, 3.8) is 0 Å². The maximum absolute atomic E-state index is 14.0. The molecule has 3 amide bonds. The molecule has 2 heterocycles. The third-order valence-electron chi connectivity index (χ3n) is 9.07. The second-order valence-electron chi connectivity index (χ2n) is 12.8. The van der Waals surface area contributed by atoms with Gasteiger partial charge in [0.25, 0.3) is 10.0 Å². The van der Waals surface area contributed by atoms with Gasteiger partial charge in [0, 0.05) is 39.3 Å². The lowest BCUT2D eigenvalue weighted by Gasteiger charge is -2.27. The van der Waals surface area contributed by atoms with Crippen LogP contribution in [0.3, 0.4) is 0 Å². The minimum Gasteiger partial charge on any atom is -0.484 e. The largest absolute Gasteiger partial charge is 0.484 e. The molecule has 0 spiro atoms. The first-order chi connectivity index (χ1) is 21.8. The number of nitrogens with zero attached hydrogens (tertiary/aromatic N) is 2. The second-order valence-corrected chi connectivity index (χ2v) is 14.4. The molecule has 1 aromatic carbocycles. The summed E-state index contributed by atoms with van der Waals surface area (Å²) in [6.07, 6.45) is 6.92. The number of benzene rings is 1. The Balaban J connectivity index is 1.61. The van der Waals surface area contributed by atoms with Crippen molar-refractivity contribution < 1.29 is 41.9 Å². The number of fused-ring (bicyclic) bond motifs is 2. The summed E-state index contributed by atoms with van der Waals surface area (Å²) in [7, 11) is -1.36. The number of carbonyl (C=O) groups excluding carboxylic acids is 5. The van der Waals surface area contributed by atoms with Gasteiger partial charge in [-0.05, 0) is 43.7 Å². The minimum absolute atomic E-state index is 0.0629. The van der Waals surface area contributed by atoms with Crippen molar-refractivity contribution in [2.75, 3.05) is 27.2 Å². The van der Waals surface area contributed by atoms with Crippen LogP contribution in [0.5, 0.6) is 5.75 Å². The van der Waals surface area contributed by atoms with E-state index in [1.807, 2.05) is 19.1 Å². The monoisotopic (exact) mass is 659 g/mol. The van der Waals surface area contributed by atoms with Crippen LogP contribution in [0.25, 0.3) is 0 Å². The minimum atomic E-state index is -4.45. The van der Waals surface area contributed by atoms with E-state index in [4.69, 9.17) is 9.47 Å². The van der Waals surface area contributed by atoms with Crippen LogP contribution >= 0.6 is 0 Å². The van der Waals surface area contributed by atoms with Crippen LogP contribution in [-0.4, -0.2) is 87.1 Å². The van der Waals surface area contributed by atoms with Gasteiger partial charge in [0.05, 0.1) is 18.0 Å². The summed E-state index contributed by atoms with van der Waals surface area (Å²) in [5.74, 6) is -2.42. The van der Waals surface area contributed by atoms with Crippen LogP contribution in [0.4, 0.5) is 4.79 Å². The lowest BCUT2D eigenvalue weighted by Crippen LogP contribution is -2.45. The Labute approximate surface area is 270 Å². The first kappa shape index (κ1) is 35.1. The van der Waals surface area contributed by atoms with Crippen LogP contribution in [0, 0.1) is 17.3 Å². The standard InChI is InChI=1S/C33H45N3O9S/c1-5-24(37)21-44-28-15-11-12-16-29(28)46(42,43)34-31(40)33-18-23(33)14-10-8-6-7-9-13-22(2)30(39)36-20-25(45-32(41)35(3)4)17-26(36)27(38)19-33/h10-12,14-16,22-23,25-26H,5-9,13,17-21H2,1-4H3,(H,34,40)/b14-10-/t22-,23+,25+,26-,33+/m0/s1. The molecule has 1 saturated heterocycles. The Kier molecular flexibility index (Phi) is 11.3. The zero-order chi connectivity index (χ0) is 33.6. The van der Waals surface area contributed by atoms with Gasteiger partial charge in [-0.3, -0.25) is 19.2 Å². The van der Waals surface area contributed by atoms with Crippen LogP contribution in [-0.2, 0) is 33.9 Å². The van der Waals surface area contributed by atoms with Gasteiger partial charge in [-0.25, -0.2) is 17.9 Å². The number of sulfonamides is 1. The average molecular weight is 660 g/mol. The van der Waals surface area contributed by atoms with Crippen LogP contribution < -0.4 is 9.46 Å². The number of ketones is 2. The first-order valence-corrected chi connectivity index (χ1v) is 17.5. The Morgan fingerprint density at radius 2 is 1.85 bits per heavy atom. The molecule has 1 saturated carbocycles. The Morgan fingerprint density at radius 1 is 1.11 bits per heavy atom. The van der Waals surface area contributed by atoms with Crippen LogP contribution in [0.15, 0.2) is 41.3 Å². The van der Waals surface area contributed by atoms with Gasteiger partial charge >= 0.3 is 6.09 Å². The van der Waals surface area contributed by atoms with Crippen LogP contribution in [0.2, 0.25) is 0 Å². The van der Waals surface area contributed by atoms with Crippen LogP contribution in [0.1, 0.15) is 71.6 Å². The molecule has 1 aliphatic carbocycles. The summed E-state index contributed by atoms with van der Waals surface area (Å²) < 4.78 is 40.3. The fraction of sp³-hybridized carbons (Fsp3) is 0.606. The highest BCUT2D eigenvalue weighted by Crippen LogP contribution is 2.57. The number of Topliss-reactive ketones (excluding diaryl/α,β-unsaturated/α-hetero) is 2. The quantitative estimate of drug-likeness (QED) is 0.412. The molecule has 13 heteroatoms. The molecule has 46 heavy (non-hydrogen) atoms. The molecular weight excluding hydrogens is 614 g/mol. The third kappa shape index (κ3) is 8.15. The summed E-state index contributed by atoms with van der Waals surface area (Å²) in [5.41, 5.74) is -1.34. The number of carbonyl (C=O) groups is 5. The molecule has 3 aliphatic rings. The summed E-state index contributed by atoms with van der Waals surface area (Å²) in [6.45, 7) is 3.24. The van der Waals surface area contributed by atoms with E-state index < -0.39 is 39.6 Å². The summed E-state index contributed by atoms with van der Waals surface area (Å²) in [4.78, 5) is 68.1. The van der Waals surface area contributed by atoms with E-state index in [2.05, 4.69) is 4.72 Å². The highest BCUT2D eigenvalue weighted by molar-refractivity contribution is 7.90. The molecule has 2 fully saturated rings. The smallest absolute Gasteiger partial charge is 0.409 e. The molecule has 1 N–H and O–H groups in total. The second kappa shape index (κ2) is 14.8. The predicted molar refractivity (Wildman–Crippen MR) is 168 cm³/mol. The number of allylic oxidation sites excluding steroid dienone is 2. The number of nitrogens with one attached hydrogen (secondary N) is 1. The Hall–Kier alpha value is -3.74. The van der Waals surface area contributed by atoms with E-state index in [0.717, 1.165) is 25.7 Å². The van der Waals surface area contributed by atoms with Gasteiger partial charge in [0.2, 0.25) is 11.8 Å². The lowest BCUT2D eigenvalue weighted by atomic mass is 9.91. The van der Waals surface area contributed by atoms with Crippen molar-refractivity contribution in [3.05, 3.63) is 36.4 Å². The zero-order valence-electron chi connectivity index (χ0n) is 27.0. The molecule has 0 unspecified atom stereocenters. The SMILES string of the molecule is CCC(=O)COc1ccccc1S(=O)(=O)NC(=O)[C@]12CC(=O)[C@@H]3C[C@@H](OC(=O)N(C)C)CN3C(=O)[C@@H](C)CCCCC/C=C\[C@@H]1C2. The molecule has 12 nitrogen and oxygen atoms in total. The number of para-hydroxylation sites is 1.